The molecule has 1 rings (SSSR count). The second-order valence-corrected chi connectivity index (χ2v) is 4.34. The van der Waals surface area contributed by atoms with Gasteiger partial charge in [0.2, 0.25) is 0 Å². The quantitative estimate of drug-likeness (QED) is 0.720. The molecule has 1 aromatic rings. The maximum atomic E-state index is 11.8. The smallest absolute Gasteiger partial charge is 0.325 e. The van der Waals surface area contributed by atoms with Crippen LogP contribution in [0.5, 0.6) is 0 Å². The van der Waals surface area contributed by atoms with Gasteiger partial charge in [0.1, 0.15) is 19.2 Å². The molecule has 0 radical (unpaired) electrons. The van der Waals surface area contributed by atoms with Gasteiger partial charge in [0, 0.05) is 12.8 Å². The number of hydrogen-bond acceptors (Lipinski definition) is 5. The van der Waals surface area contributed by atoms with E-state index >= 15 is 0 Å². The van der Waals surface area contributed by atoms with Crippen molar-refractivity contribution in [3.8, 4) is 0 Å². The first-order valence-electron chi connectivity index (χ1n) is 6.23. The van der Waals surface area contributed by atoms with Crippen molar-refractivity contribution in [3.63, 3.8) is 0 Å². The van der Waals surface area contributed by atoms with Crippen LogP contribution in [0, 0.1) is 0 Å². The summed E-state index contributed by atoms with van der Waals surface area (Å²) in [6.45, 7) is 1.63. The molecule has 0 saturated carbocycles. The number of carbonyl (C=O) groups is 2. The van der Waals surface area contributed by atoms with Gasteiger partial charge in [-0.05, 0) is 19.1 Å². The molecule has 1 unspecified atom stereocenters. The highest BCUT2D eigenvalue weighted by Gasteiger charge is 2.17. The maximum Gasteiger partial charge on any atom is 0.325 e. The molecule has 0 fully saturated rings. The number of rotatable bonds is 8. The molecule has 1 aromatic carbocycles. The van der Waals surface area contributed by atoms with E-state index in [1.165, 1.54) is 12.0 Å². The molecule has 0 aromatic heterocycles. The first-order chi connectivity index (χ1) is 9.52. The van der Waals surface area contributed by atoms with Crippen LogP contribution in [-0.2, 0) is 19.1 Å². The summed E-state index contributed by atoms with van der Waals surface area (Å²) in [6, 6.07) is 8.87. The molecule has 20 heavy (non-hydrogen) atoms. The third kappa shape index (κ3) is 5.71. The predicted octanol–water partition coefficient (Wildman–Crippen LogP) is 1.16. The first-order valence-corrected chi connectivity index (χ1v) is 6.23. The third-order valence-electron chi connectivity index (χ3n) is 2.50. The van der Waals surface area contributed by atoms with Crippen LogP contribution in [0.4, 0.5) is 5.69 Å². The van der Waals surface area contributed by atoms with Gasteiger partial charge >= 0.3 is 11.9 Å². The van der Waals surface area contributed by atoms with Crippen LogP contribution < -0.4 is 4.90 Å². The van der Waals surface area contributed by atoms with Gasteiger partial charge in [-0.3, -0.25) is 9.59 Å². The van der Waals surface area contributed by atoms with E-state index in [0.717, 1.165) is 0 Å². The second-order valence-electron chi connectivity index (χ2n) is 4.34. The van der Waals surface area contributed by atoms with E-state index in [9.17, 15) is 9.59 Å². The standard InChI is InChI=1S/C14H19NO5/c1-11(10-19-2)20-14(18)9-15(8-13(16)17)12-6-4-3-5-7-12/h3-7,11H,8-10H2,1-2H3,(H,16,17). The third-order valence-corrected chi connectivity index (χ3v) is 2.50. The zero-order valence-corrected chi connectivity index (χ0v) is 11.6. The lowest BCUT2D eigenvalue weighted by Crippen LogP contribution is -2.36. The molecular formula is C14H19NO5. The van der Waals surface area contributed by atoms with Gasteiger partial charge < -0.3 is 19.5 Å². The second kappa shape index (κ2) is 8.16. The van der Waals surface area contributed by atoms with Crippen LogP contribution in [0.1, 0.15) is 6.92 Å². The van der Waals surface area contributed by atoms with Gasteiger partial charge in [0.05, 0.1) is 6.61 Å². The summed E-state index contributed by atoms with van der Waals surface area (Å²) < 4.78 is 10.00. The van der Waals surface area contributed by atoms with E-state index in [4.69, 9.17) is 14.6 Å². The molecule has 0 amide bonds. The molecule has 0 aliphatic heterocycles. The molecule has 0 aliphatic carbocycles. The van der Waals surface area contributed by atoms with Crippen molar-refractivity contribution in [1.82, 2.24) is 0 Å². The number of benzene rings is 1. The van der Waals surface area contributed by atoms with Crippen molar-refractivity contribution >= 4 is 17.6 Å². The summed E-state index contributed by atoms with van der Waals surface area (Å²) in [5.74, 6) is -1.49. The number of methoxy groups -OCH3 is 1. The summed E-state index contributed by atoms with van der Waals surface area (Å²) in [5, 5.41) is 8.91. The van der Waals surface area contributed by atoms with Gasteiger partial charge in [-0.2, -0.15) is 0 Å². The van der Waals surface area contributed by atoms with Gasteiger partial charge in [-0.25, -0.2) is 0 Å². The Kier molecular flexibility index (Phi) is 6.52. The van der Waals surface area contributed by atoms with Gasteiger partial charge in [-0.1, -0.05) is 18.2 Å². The van der Waals surface area contributed by atoms with Gasteiger partial charge in [-0.15, -0.1) is 0 Å². The van der Waals surface area contributed by atoms with Crippen molar-refractivity contribution < 1.29 is 24.2 Å². The van der Waals surface area contributed by atoms with Crippen LogP contribution in [-0.4, -0.2) is 50.0 Å². The van der Waals surface area contributed by atoms with E-state index < -0.39 is 11.9 Å². The fourth-order valence-corrected chi connectivity index (χ4v) is 1.73. The van der Waals surface area contributed by atoms with E-state index in [1.807, 2.05) is 6.07 Å². The summed E-state index contributed by atoms with van der Waals surface area (Å²) in [5.41, 5.74) is 0.659. The Morgan fingerprint density at radius 1 is 1.25 bits per heavy atom. The van der Waals surface area contributed by atoms with Crippen molar-refractivity contribution in [3.05, 3.63) is 30.3 Å². The number of carbonyl (C=O) groups excluding carboxylic acids is 1. The van der Waals surface area contributed by atoms with E-state index in [2.05, 4.69) is 0 Å². The number of hydrogen-bond donors (Lipinski definition) is 1. The highest BCUT2D eigenvalue weighted by molar-refractivity contribution is 5.80. The Morgan fingerprint density at radius 3 is 2.45 bits per heavy atom. The minimum Gasteiger partial charge on any atom is -0.480 e. The Balaban J connectivity index is 2.66. The Bertz CT molecular complexity index is 434. The molecule has 6 heteroatoms. The minimum absolute atomic E-state index is 0.121. The van der Waals surface area contributed by atoms with E-state index in [0.29, 0.717) is 12.3 Å². The lowest BCUT2D eigenvalue weighted by Gasteiger charge is -2.22. The number of ether oxygens (including phenoxy) is 2. The maximum absolute atomic E-state index is 11.8. The molecule has 1 N–H and O–H groups in total. The van der Waals surface area contributed by atoms with Crippen molar-refractivity contribution in [2.24, 2.45) is 0 Å². The monoisotopic (exact) mass is 281 g/mol. The molecule has 6 nitrogen and oxygen atoms in total. The number of carboxylic acids is 1. The number of aliphatic carboxylic acids is 1. The molecule has 110 valence electrons. The Hall–Kier alpha value is -2.08. The Labute approximate surface area is 117 Å². The molecule has 0 bridgehead atoms. The minimum atomic E-state index is -1.01. The van der Waals surface area contributed by atoms with Gasteiger partial charge in [0.15, 0.2) is 0 Å². The number of para-hydroxylation sites is 1. The van der Waals surface area contributed by atoms with Crippen molar-refractivity contribution in [2.75, 3.05) is 31.7 Å². The average Bonchev–Trinajstić information content (AvgIpc) is 2.38. The molecule has 0 saturated heterocycles. The fourth-order valence-electron chi connectivity index (χ4n) is 1.73. The highest BCUT2D eigenvalue weighted by atomic mass is 16.6. The zero-order chi connectivity index (χ0) is 15.0. The molecule has 0 heterocycles. The largest absolute Gasteiger partial charge is 0.480 e. The van der Waals surface area contributed by atoms with Crippen molar-refractivity contribution in [1.29, 1.82) is 0 Å². The summed E-state index contributed by atoms with van der Waals surface area (Å²) in [6.07, 6.45) is -0.366. The highest BCUT2D eigenvalue weighted by Crippen LogP contribution is 2.13. The zero-order valence-electron chi connectivity index (χ0n) is 11.6. The normalized spacial score (nSPS) is 11.7. The van der Waals surface area contributed by atoms with Crippen LogP contribution in [0.25, 0.3) is 0 Å². The van der Waals surface area contributed by atoms with Crippen LogP contribution in [0.3, 0.4) is 0 Å². The molecule has 0 aliphatic rings. The summed E-state index contributed by atoms with van der Waals surface area (Å²) in [7, 11) is 1.52. The number of carboxylic acid groups (broad SMARTS) is 1. The number of nitrogens with zero attached hydrogens (tertiary/aromatic N) is 1. The Morgan fingerprint density at radius 2 is 1.90 bits per heavy atom. The summed E-state index contributed by atoms with van der Waals surface area (Å²) in [4.78, 5) is 24.1. The lowest BCUT2D eigenvalue weighted by atomic mass is 10.3. The summed E-state index contributed by atoms with van der Waals surface area (Å²) >= 11 is 0. The van der Waals surface area contributed by atoms with Crippen LogP contribution in [0.2, 0.25) is 0 Å². The predicted molar refractivity (Wildman–Crippen MR) is 73.7 cm³/mol. The number of anilines is 1. The van der Waals surface area contributed by atoms with Gasteiger partial charge in [0.25, 0.3) is 0 Å². The van der Waals surface area contributed by atoms with Crippen LogP contribution >= 0.6 is 0 Å². The number of esters is 1. The molecule has 1 atom stereocenters. The fraction of sp³-hybridized carbons (Fsp3) is 0.429. The van der Waals surface area contributed by atoms with E-state index in [1.54, 1.807) is 31.2 Å². The SMILES string of the molecule is COCC(C)OC(=O)CN(CC(=O)O)c1ccccc1. The molecular weight excluding hydrogens is 262 g/mol. The first kappa shape index (κ1) is 16.0. The van der Waals surface area contributed by atoms with E-state index in [-0.39, 0.29) is 19.2 Å². The van der Waals surface area contributed by atoms with Crippen LogP contribution in [0.15, 0.2) is 30.3 Å². The van der Waals surface area contributed by atoms with Crippen molar-refractivity contribution in [2.45, 2.75) is 13.0 Å². The lowest BCUT2D eigenvalue weighted by molar-refractivity contribution is -0.148. The topological polar surface area (TPSA) is 76.1 Å². The average molecular weight is 281 g/mol. The molecule has 0 spiro atoms.